The molecule has 8 nitrogen and oxygen atoms in total. The highest BCUT2D eigenvalue weighted by atomic mass is 16.6. The van der Waals surface area contributed by atoms with E-state index in [0.717, 1.165) is 10.9 Å². The van der Waals surface area contributed by atoms with Crippen LogP contribution >= 0.6 is 0 Å². The van der Waals surface area contributed by atoms with Crippen molar-refractivity contribution in [3.05, 3.63) is 42.0 Å². The van der Waals surface area contributed by atoms with Gasteiger partial charge in [-0.1, -0.05) is 50.6 Å². The van der Waals surface area contributed by atoms with Gasteiger partial charge in [0.1, 0.15) is 5.75 Å². The Morgan fingerprint density at radius 3 is 2.49 bits per heavy atom. The minimum atomic E-state index is -1.54. The molecule has 3 fully saturated rings. The van der Waals surface area contributed by atoms with Crippen LogP contribution in [-0.4, -0.2) is 50.3 Å². The van der Waals surface area contributed by atoms with Crippen molar-refractivity contribution in [3.8, 4) is 5.75 Å². The van der Waals surface area contributed by atoms with Crippen molar-refractivity contribution in [1.29, 1.82) is 0 Å². The van der Waals surface area contributed by atoms with E-state index in [-0.39, 0.29) is 42.4 Å². The number of unbranched alkanes of at least 4 members (excludes halogenated alkanes) is 2. The number of ether oxygens (including phenoxy) is 1. The molecule has 1 saturated carbocycles. The topological polar surface area (TPSA) is 124 Å². The predicted octanol–water partition coefficient (Wildman–Crippen LogP) is 4.23. The molecule has 6 atom stereocenters. The maximum absolute atomic E-state index is 13.6. The number of carbonyl (C=O) groups is 3. The summed E-state index contributed by atoms with van der Waals surface area (Å²) in [6, 6.07) is 10.9. The SMILES string of the molecule is CC(C)[C@H]1C[C@@H]2C(=O)N(CCCCCC(=O)O)C(=O)[C@@H]2[C@@H]2C[C@@H](c3ccc(O)c4ccccc34)O[C@]12O. The number of likely N-dealkylation sites (tertiary alicyclic amines) is 1. The van der Waals surface area contributed by atoms with E-state index in [4.69, 9.17) is 9.84 Å². The van der Waals surface area contributed by atoms with Gasteiger partial charge in [0, 0.05) is 30.2 Å². The summed E-state index contributed by atoms with van der Waals surface area (Å²) in [5.41, 5.74) is 0.849. The zero-order valence-electron chi connectivity index (χ0n) is 21.3. The maximum atomic E-state index is 13.6. The van der Waals surface area contributed by atoms with Crippen LogP contribution in [-0.2, 0) is 19.1 Å². The molecule has 2 heterocycles. The summed E-state index contributed by atoms with van der Waals surface area (Å²) in [5, 5.41) is 32.8. The van der Waals surface area contributed by atoms with Crippen molar-refractivity contribution in [2.45, 2.75) is 64.3 Å². The zero-order chi connectivity index (χ0) is 26.5. The van der Waals surface area contributed by atoms with Crippen molar-refractivity contribution in [2.24, 2.45) is 29.6 Å². The van der Waals surface area contributed by atoms with E-state index in [2.05, 4.69) is 0 Å². The third-order valence-electron chi connectivity index (χ3n) is 8.73. The molecule has 8 heteroatoms. The average molecular weight is 510 g/mol. The Morgan fingerprint density at radius 2 is 1.78 bits per heavy atom. The third kappa shape index (κ3) is 4.30. The molecule has 0 unspecified atom stereocenters. The molecule has 2 aromatic rings. The number of carboxylic acid groups (broad SMARTS) is 1. The molecule has 198 valence electrons. The molecular weight excluding hydrogens is 474 g/mol. The van der Waals surface area contributed by atoms with E-state index < -0.39 is 35.6 Å². The lowest BCUT2D eigenvalue weighted by molar-refractivity contribution is -0.276. The molecular formula is C29H35NO7. The van der Waals surface area contributed by atoms with Crippen LogP contribution in [0.3, 0.4) is 0 Å². The first kappa shape index (κ1) is 25.7. The van der Waals surface area contributed by atoms with E-state index in [1.54, 1.807) is 6.07 Å². The molecule has 1 aliphatic carbocycles. The minimum Gasteiger partial charge on any atom is -0.507 e. The Hall–Kier alpha value is -2.97. The number of carboxylic acids is 1. The minimum absolute atomic E-state index is 0.0386. The van der Waals surface area contributed by atoms with Crippen molar-refractivity contribution in [3.63, 3.8) is 0 Å². The summed E-state index contributed by atoms with van der Waals surface area (Å²) >= 11 is 0. The summed E-state index contributed by atoms with van der Waals surface area (Å²) in [5.74, 6) is -4.56. The molecule has 2 aliphatic heterocycles. The van der Waals surface area contributed by atoms with Gasteiger partial charge in [0.25, 0.3) is 0 Å². The van der Waals surface area contributed by atoms with Crippen molar-refractivity contribution in [2.75, 3.05) is 6.54 Å². The lowest BCUT2D eigenvalue weighted by Gasteiger charge is -2.46. The van der Waals surface area contributed by atoms with Crippen LogP contribution in [0.1, 0.15) is 64.0 Å². The lowest BCUT2D eigenvalue weighted by atomic mass is 9.62. The number of amides is 2. The van der Waals surface area contributed by atoms with Gasteiger partial charge in [-0.15, -0.1) is 0 Å². The second kappa shape index (κ2) is 9.72. The summed E-state index contributed by atoms with van der Waals surface area (Å²) in [6.45, 7) is 4.29. The number of phenolic OH excluding ortho intramolecular Hbond substituents is 1. The molecule has 3 N–H and O–H groups in total. The Kier molecular flexibility index (Phi) is 6.75. The van der Waals surface area contributed by atoms with E-state index in [9.17, 15) is 24.6 Å². The number of aliphatic hydroxyl groups is 1. The fraction of sp³-hybridized carbons (Fsp3) is 0.552. The number of rotatable bonds is 8. The second-order valence-corrected chi connectivity index (χ2v) is 11.2. The first-order valence-electron chi connectivity index (χ1n) is 13.3. The lowest BCUT2D eigenvalue weighted by Crippen LogP contribution is -2.55. The summed E-state index contributed by atoms with van der Waals surface area (Å²) in [4.78, 5) is 39.1. The molecule has 0 spiro atoms. The zero-order valence-corrected chi connectivity index (χ0v) is 21.3. The van der Waals surface area contributed by atoms with E-state index in [1.165, 1.54) is 4.90 Å². The Balaban J connectivity index is 1.43. The number of aliphatic carboxylic acids is 1. The van der Waals surface area contributed by atoms with Gasteiger partial charge in [0.15, 0.2) is 5.79 Å². The van der Waals surface area contributed by atoms with Gasteiger partial charge in [0.05, 0.1) is 17.9 Å². The van der Waals surface area contributed by atoms with Crippen LogP contribution in [0, 0.1) is 29.6 Å². The van der Waals surface area contributed by atoms with Crippen LogP contribution in [0.2, 0.25) is 0 Å². The standard InChI is InChI=1S/C29H35NO7/c1-16(2)21-14-20-26(28(35)30(27(20)34)13-7-3-4-10-25(32)33)22-15-24(37-29(21,22)36)19-11-12-23(31)18-9-6-5-8-17(18)19/h5-6,8-9,11-12,16,20-22,24,26,31,36H,3-4,7,10,13-15H2,1-2H3,(H,32,33)/t20-,21+,22-,24-,26-,29+/m0/s1. The van der Waals surface area contributed by atoms with Crippen LogP contribution < -0.4 is 0 Å². The highest BCUT2D eigenvalue weighted by molar-refractivity contribution is 6.05. The quantitative estimate of drug-likeness (QED) is 0.359. The first-order valence-corrected chi connectivity index (χ1v) is 13.3. The average Bonchev–Trinajstić information content (AvgIpc) is 3.32. The number of nitrogens with zero attached hydrogens (tertiary/aromatic N) is 1. The molecule has 0 aromatic heterocycles. The summed E-state index contributed by atoms with van der Waals surface area (Å²) < 4.78 is 6.46. The van der Waals surface area contributed by atoms with Gasteiger partial charge in [-0.25, -0.2) is 0 Å². The van der Waals surface area contributed by atoms with Crippen LogP contribution in [0.15, 0.2) is 36.4 Å². The van der Waals surface area contributed by atoms with Gasteiger partial charge >= 0.3 is 5.97 Å². The molecule has 2 saturated heterocycles. The number of carbonyl (C=O) groups excluding carboxylic acids is 2. The van der Waals surface area contributed by atoms with E-state index in [0.29, 0.717) is 37.5 Å². The number of phenols is 1. The number of fused-ring (bicyclic) bond motifs is 4. The summed E-state index contributed by atoms with van der Waals surface area (Å²) in [6.07, 6.45) is 2.08. The van der Waals surface area contributed by atoms with Crippen molar-refractivity contribution in [1.82, 2.24) is 4.90 Å². The molecule has 2 aromatic carbocycles. The maximum Gasteiger partial charge on any atom is 0.303 e. The molecule has 2 amide bonds. The number of benzene rings is 2. The smallest absolute Gasteiger partial charge is 0.303 e. The molecule has 37 heavy (non-hydrogen) atoms. The fourth-order valence-electron chi connectivity index (χ4n) is 6.96. The Labute approximate surface area is 216 Å². The number of imide groups is 1. The fourth-order valence-corrected chi connectivity index (χ4v) is 6.96. The van der Waals surface area contributed by atoms with Gasteiger partial charge in [-0.2, -0.15) is 0 Å². The monoisotopic (exact) mass is 509 g/mol. The largest absolute Gasteiger partial charge is 0.507 e. The Morgan fingerprint density at radius 1 is 1.05 bits per heavy atom. The van der Waals surface area contributed by atoms with Crippen LogP contribution in [0.4, 0.5) is 0 Å². The number of hydrogen-bond donors (Lipinski definition) is 3. The Bertz CT molecular complexity index is 1230. The van der Waals surface area contributed by atoms with Gasteiger partial charge in [-0.3, -0.25) is 19.3 Å². The van der Waals surface area contributed by atoms with E-state index >= 15 is 0 Å². The molecule has 5 rings (SSSR count). The van der Waals surface area contributed by atoms with Crippen molar-refractivity contribution < 1.29 is 34.4 Å². The van der Waals surface area contributed by atoms with Crippen LogP contribution in [0.25, 0.3) is 10.8 Å². The number of aromatic hydroxyl groups is 1. The molecule has 0 bridgehead atoms. The molecule has 0 radical (unpaired) electrons. The molecule has 3 aliphatic rings. The summed E-state index contributed by atoms with van der Waals surface area (Å²) in [7, 11) is 0. The van der Waals surface area contributed by atoms with Gasteiger partial charge in [0.2, 0.25) is 11.8 Å². The van der Waals surface area contributed by atoms with Gasteiger partial charge < -0.3 is 20.1 Å². The first-order chi connectivity index (χ1) is 17.6. The third-order valence-corrected chi connectivity index (χ3v) is 8.73. The number of hydrogen-bond acceptors (Lipinski definition) is 6. The van der Waals surface area contributed by atoms with Gasteiger partial charge in [-0.05, 0) is 48.6 Å². The van der Waals surface area contributed by atoms with Crippen molar-refractivity contribution >= 4 is 28.6 Å². The highest BCUT2D eigenvalue weighted by Gasteiger charge is 2.67. The predicted molar refractivity (Wildman–Crippen MR) is 135 cm³/mol. The second-order valence-electron chi connectivity index (χ2n) is 11.2. The van der Waals surface area contributed by atoms with E-state index in [1.807, 2.05) is 44.2 Å². The normalized spacial score (nSPS) is 31.2. The van der Waals surface area contributed by atoms with Crippen LogP contribution in [0.5, 0.6) is 5.75 Å². The highest BCUT2D eigenvalue weighted by Crippen LogP contribution is 2.60.